The van der Waals surface area contributed by atoms with Crippen LogP contribution in [0, 0.1) is 6.92 Å². The third kappa shape index (κ3) is 2.08. The lowest BCUT2D eigenvalue weighted by molar-refractivity contribution is 0.102. The molecular formula is C13H13N5O. The number of carbonyl (C=O) groups is 1. The lowest BCUT2D eigenvalue weighted by Gasteiger charge is -1.99. The maximum atomic E-state index is 12.2. The molecule has 1 aromatic carbocycles. The Morgan fingerprint density at radius 3 is 2.95 bits per heavy atom. The Balaban J connectivity index is 1.95. The highest BCUT2D eigenvalue weighted by Crippen LogP contribution is 2.18. The number of carbonyl (C=O) groups excluding carboxylic acids is 1. The van der Waals surface area contributed by atoms with E-state index in [4.69, 9.17) is 0 Å². The predicted octanol–water partition coefficient (Wildman–Crippen LogP) is 1.86. The first-order chi connectivity index (χ1) is 9.13. The van der Waals surface area contributed by atoms with E-state index in [1.807, 2.05) is 25.1 Å². The van der Waals surface area contributed by atoms with Gasteiger partial charge >= 0.3 is 0 Å². The number of aromatic amines is 1. The van der Waals surface area contributed by atoms with Crippen molar-refractivity contribution < 1.29 is 4.79 Å². The van der Waals surface area contributed by atoms with Crippen LogP contribution in [0.1, 0.15) is 16.1 Å². The van der Waals surface area contributed by atoms with Crippen molar-refractivity contribution in [2.24, 2.45) is 7.05 Å². The van der Waals surface area contributed by atoms with Gasteiger partial charge in [-0.05, 0) is 19.1 Å². The number of nitrogens with zero attached hydrogens (tertiary/aromatic N) is 3. The summed E-state index contributed by atoms with van der Waals surface area (Å²) in [4.78, 5) is 12.2. The number of anilines is 1. The summed E-state index contributed by atoms with van der Waals surface area (Å²) in [5.41, 5.74) is 2.31. The van der Waals surface area contributed by atoms with Crippen molar-refractivity contribution in [3.8, 4) is 0 Å². The van der Waals surface area contributed by atoms with Gasteiger partial charge in [-0.25, -0.2) is 0 Å². The molecule has 96 valence electrons. The number of nitrogens with one attached hydrogen (secondary N) is 2. The first-order valence-corrected chi connectivity index (χ1v) is 5.89. The van der Waals surface area contributed by atoms with Crippen LogP contribution in [0.15, 0.2) is 30.5 Å². The van der Waals surface area contributed by atoms with E-state index in [1.54, 1.807) is 24.0 Å². The zero-order chi connectivity index (χ0) is 13.4. The number of aryl methyl sites for hydroxylation is 2. The molecule has 2 aromatic heterocycles. The maximum Gasteiger partial charge on any atom is 0.278 e. The second-order valence-electron chi connectivity index (χ2n) is 4.45. The van der Waals surface area contributed by atoms with Crippen molar-refractivity contribution in [3.05, 3.63) is 41.7 Å². The number of hydrogen-bond donors (Lipinski definition) is 2. The number of fused-ring (bicyclic) bond motifs is 1. The molecule has 0 unspecified atom stereocenters. The van der Waals surface area contributed by atoms with Gasteiger partial charge in [0.2, 0.25) is 0 Å². The molecule has 0 saturated carbocycles. The van der Waals surface area contributed by atoms with E-state index in [0.717, 1.165) is 16.5 Å². The molecular weight excluding hydrogens is 242 g/mol. The fourth-order valence-corrected chi connectivity index (χ4v) is 1.96. The van der Waals surface area contributed by atoms with E-state index < -0.39 is 0 Å². The molecule has 0 radical (unpaired) electrons. The molecule has 3 aromatic rings. The lowest BCUT2D eigenvalue weighted by atomic mass is 10.1. The molecule has 0 saturated heterocycles. The molecule has 0 bridgehead atoms. The standard InChI is InChI=1S/C13H13N5O/c1-8-3-4-10-9(7-8)12(16-15-10)13(19)14-11-5-6-18(2)17-11/h3-7H,1-2H3,(H,15,16)(H,14,17,19). The second kappa shape index (κ2) is 4.24. The summed E-state index contributed by atoms with van der Waals surface area (Å²) in [6.07, 6.45) is 1.77. The molecule has 2 heterocycles. The smallest absolute Gasteiger partial charge is 0.278 e. The van der Waals surface area contributed by atoms with Gasteiger partial charge < -0.3 is 5.32 Å². The van der Waals surface area contributed by atoms with Crippen molar-refractivity contribution in [1.29, 1.82) is 0 Å². The summed E-state index contributed by atoms with van der Waals surface area (Å²) < 4.78 is 1.63. The minimum Gasteiger partial charge on any atom is -0.304 e. The first kappa shape index (κ1) is 11.5. The van der Waals surface area contributed by atoms with Crippen LogP contribution in [0.25, 0.3) is 10.9 Å². The van der Waals surface area contributed by atoms with Gasteiger partial charge in [-0.3, -0.25) is 14.6 Å². The van der Waals surface area contributed by atoms with E-state index in [2.05, 4.69) is 20.6 Å². The maximum absolute atomic E-state index is 12.2. The molecule has 0 fully saturated rings. The van der Waals surface area contributed by atoms with Crippen LogP contribution < -0.4 is 5.32 Å². The highest BCUT2D eigenvalue weighted by Gasteiger charge is 2.15. The highest BCUT2D eigenvalue weighted by atomic mass is 16.2. The SMILES string of the molecule is Cc1ccc2[nH]nc(C(=O)Nc3ccn(C)n3)c2c1. The lowest BCUT2D eigenvalue weighted by Crippen LogP contribution is -2.13. The molecule has 0 spiro atoms. The Morgan fingerprint density at radius 1 is 1.37 bits per heavy atom. The van der Waals surface area contributed by atoms with Crippen LogP contribution in [-0.2, 0) is 7.05 Å². The van der Waals surface area contributed by atoms with Gasteiger partial charge in [0.05, 0.1) is 5.52 Å². The van der Waals surface area contributed by atoms with Gasteiger partial charge in [0, 0.05) is 24.7 Å². The highest BCUT2D eigenvalue weighted by molar-refractivity contribution is 6.10. The first-order valence-electron chi connectivity index (χ1n) is 5.89. The Kier molecular flexibility index (Phi) is 2.56. The molecule has 6 heteroatoms. The summed E-state index contributed by atoms with van der Waals surface area (Å²) >= 11 is 0. The average molecular weight is 255 g/mol. The average Bonchev–Trinajstić information content (AvgIpc) is 2.95. The molecule has 0 atom stereocenters. The third-order valence-corrected chi connectivity index (χ3v) is 2.89. The molecule has 3 rings (SSSR count). The van der Waals surface area contributed by atoms with Crippen molar-refractivity contribution in [2.75, 3.05) is 5.32 Å². The molecule has 0 aliphatic heterocycles. The van der Waals surface area contributed by atoms with Gasteiger partial charge in [0.25, 0.3) is 5.91 Å². The minimum atomic E-state index is -0.268. The zero-order valence-electron chi connectivity index (χ0n) is 10.6. The largest absolute Gasteiger partial charge is 0.304 e. The van der Waals surface area contributed by atoms with E-state index in [1.165, 1.54) is 0 Å². The third-order valence-electron chi connectivity index (χ3n) is 2.89. The van der Waals surface area contributed by atoms with Crippen molar-refractivity contribution >= 4 is 22.6 Å². The summed E-state index contributed by atoms with van der Waals surface area (Å²) in [6.45, 7) is 1.98. The zero-order valence-corrected chi connectivity index (χ0v) is 10.6. The number of benzene rings is 1. The summed E-state index contributed by atoms with van der Waals surface area (Å²) in [6, 6.07) is 7.56. The number of hydrogen-bond acceptors (Lipinski definition) is 3. The summed E-state index contributed by atoms with van der Waals surface area (Å²) in [5.74, 6) is 0.242. The molecule has 0 aliphatic carbocycles. The van der Waals surface area contributed by atoms with E-state index in [9.17, 15) is 4.79 Å². The van der Waals surface area contributed by atoms with Crippen LogP contribution in [0.4, 0.5) is 5.82 Å². The predicted molar refractivity (Wildman–Crippen MR) is 72.0 cm³/mol. The van der Waals surface area contributed by atoms with Crippen LogP contribution >= 0.6 is 0 Å². The van der Waals surface area contributed by atoms with E-state index >= 15 is 0 Å². The van der Waals surface area contributed by atoms with Crippen molar-refractivity contribution in [1.82, 2.24) is 20.0 Å². The summed E-state index contributed by atoms with van der Waals surface area (Å²) in [7, 11) is 1.79. The Bertz CT molecular complexity index is 755. The monoisotopic (exact) mass is 255 g/mol. The van der Waals surface area contributed by atoms with Crippen LogP contribution in [0.2, 0.25) is 0 Å². The van der Waals surface area contributed by atoms with Crippen molar-refractivity contribution in [2.45, 2.75) is 6.92 Å². The molecule has 1 amide bonds. The number of rotatable bonds is 2. The fraction of sp³-hybridized carbons (Fsp3) is 0.154. The van der Waals surface area contributed by atoms with Crippen LogP contribution in [0.3, 0.4) is 0 Å². The van der Waals surface area contributed by atoms with Crippen LogP contribution in [-0.4, -0.2) is 25.9 Å². The van der Waals surface area contributed by atoms with E-state index in [-0.39, 0.29) is 5.91 Å². The van der Waals surface area contributed by atoms with Gasteiger partial charge in [0.1, 0.15) is 0 Å². The number of aromatic nitrogens is 4. The molecule has 0 aliphatic rings. The van der Waals surface area contributed by atoms with Gasteiger partial charge in [-0.2, -0.15) is 10.2 Å². The van der Waals surface area contributed by atoms with Gasteiger partial charge in [-0.15, -0.1) is 0 Å². The summed E-state index contributed by atoms with van der Waals surface area (Å²) in [5, 5.41) is 14.6. The van der Waals surface area contributed by atoms with Crippen LogP contribution in [0.5, 0.6) is 0 Å². The normalized spacial score (nSPS) is 10.8. The minimum absolute atomic E-state index is 0.268. The van der Waals surface area contributed by atoms with Gasteiger partial charge in [0.15, 0.2) is 11.5 Å². The second-order valence-corrected chi connectivity index (χ2v) is 4.45. The van der Waals surface area contributed by atoms with Gasteiger partial charge in [-0.1, -0.05) is 11.6 Å². The number of H-pyrrole nitrogens is 1. The Morgan fingerprint density at radius 2 is 2.21 bits per heavy atom. The van der Waals surface area contributed by atoms with Crippen molar-refractivity contribution in [3.63, 3.8) is 0 Å². The Labute approximate surface area is 109 Å². The Hall–Kier alpha value is -2.63. The van der Waals surface area contributed by atoms with E-state index in [0.29, 0.717) is 11.5 Å². The topological polar surface area (TPSA) is 75.6 Å². The molecule has 2 N–H and O–H groups in total. The number of amides is 1. The quantitative estimate of drug-likeness (QED) is 0.733. The fourth-order valence-electron chi connectivity index (χ4n) is 1.96. The molecule has 6 nitrogen and oxygen atoms in total. The molecule has 19 heavy (non-hydrogen) atoms.